The Kier molecular flexibility index (Phi) is 2.81. The Balaban J connectivity index is 1.65. The van der Waals surface area contributed by atoms with Crippen LogP contribution in [0.4, 0.5) is 5.82 Å². The molecule has 4 heterocycles. The quantitative estimate of drug-likeness (QED) is 0.728. The molecule has 3 aromatic heterocycles. The van der Waals surface area contributed by atoms with Crippen LogP contribution in [0, 0.1) is 6.92 Å². The number of H-pyrrole nitrogens is 2. The minimum absolute atomic E-state index is 0.0830. The second-order valence-corrected chi connectivity index (χ2v) is 5.06. The van der Waals surface area contributed by atoms with Crippen LogP contribution >= 0.6 is 0 Å². The van der Waals surface area contributed by atoms with E-state index < -0.39 is 0 Å². The summed E-state index contributed by atoms with van der Waals surface area (Å²) in [6, 6.07) is 0. The number of aromatic nitrogens is 6. The summed E-state index contributed by atoms with van der Waals surface area (Å²) in [4.78, 5) is 25.6. The van der Waals surface area contributed by atoms with E-state index in [1.54, 1.807) is 12.7 Å². The lowest BCUT2D eigenvalue weighted by Crippen LogP contribution is -2.39. The Hall–Kier alpha value is -2.48. The first-order valence-corrected chi connectivity index (χ1v) is 6.83. The highest BCUT2D eigenvalue weighted by Gasteiger charge is 2.26. The molecule has 0 radical (unpaired) electrons. The molecular weight excluding hydrogens is 270 g/mol. The maximum absolute atomic E-state index is 5.82. The van der Waals surface area contributed by atoms with Crippen molar-refractivity contribution in [3.8, 4) is 0 Å². The van der Waals surface area contributed by atoms with Crippen LogP contribution in [0.2, 0.25) is 0 Å². The van der Waals surface area contributed by atoms with Gasteiger partial charge in [0.1, 0.15) is 23.8 Å². The predicted octanol–water partition coefficient (Wildman–Crippen LogP) is 0.962. The number of hydrogen-bond acceptors (Lipinski definition) is 6. The molecule has 21 heavy (non-hydrogen) atoms. The summed E-state index contributed by atoms with van der Waals surface area (Å²) in [5.74, 6) is 1.71. The SMILES string of the molecule is Cc1cnc(C2CN(c3ncnc4nc[nH]c34)CCO2)[nH]1. The molecule has 1 atom stereocenters. The van der Waals surface area contributed by atoms with Gasteiger partial charge in [0.2, 0.25) is 0 Å². The van der Waals surface area contributed by atoms with Crippen molar-refractivity contribution in [3.05, 3.63) is 30.4 Å². The molecule has 4 rings (SSSR count). The van der Waals surface area contributed by atoms with E-state index in [2.05, 4.69) is 34.8 Å². The number of rotatable bonds is 2. The van der Waals surface area contributed by atoms with Crippen LogP contribution in [0.5, 0.6) is 0 Å². The summed E-state index contributed by atoms with van der Waals surface area (Å²) in [7, 11) is 0. The third kappa shape index (κ3) is 2.13. The molecule has 0 amide bonds. The van der Waals surface area contributed by atoms with Gasteiger partial charge in [-0.25, -0.2) is 19.9 Å². The van der Waals surface area contributed by atoms with Gasteiger partial charge in [0.25, 0.3) is 0 Å². The van der Waals surface area contributed by atoms with E-state index >= 15 is 0 Å². The van der Waals surface area contributed by atoms with Gasteiger partial charge in [0.05, 0.1) is 19.5 Å². The highest BCUT2D eigenvalue weighted by molar-refractivity contribution is 5.82. The zero-order chi connectivity index (χ0) is 14.2. The summed E-state index contributed by atoms with van der Waals surface area (Å²) in [6.45, 7) is 4.08. The van der Waals surface area contributed by atoms with Crippen molar-refractivity contribution in [3.63, 3.8) is 0 Å². The second-order valence-electron chi connectivity index (χ2n) is 5.06. The molecule has 0 aromatic carbocycles. The van der Waals surface area contributed by atoms with Gasteiger partial charge in [-0.3, -0.25) is 0 Å². The third-order valence-electron chi connectivity index (χ3n) is 3.60. The predicted molar refractivity (Wildman–Crippen MR) is 75.9 cm³/mol. The van der Waals surface area contributed by atoms with Crippen molar-refractivity contribution in [1.29, 1.82) is 0 Å². The van der Waals surface area contributed by atoms with E-state index in [1.165, 1.54) is 0 Å². The lowest BCUT2D eigenvalue weighted by Gasteiger charge is -2.32. The molecule has 1 unspecified atom stereocenters. The molecule has 0 bridgehead atoms. The zero-order valence-electron chi connectivity index (χ0n) is 11.6. The van der Waals surface area contributed by atoms with Gasteiger partial charge in [0.15, 0.2) is 11.5 Å². The standard InChI is InChI=1S/C13H15N7O/c1-8-4-14-11(19-8)9-5-20(2-3-21-9)13-10-12(16-6-15-10)17-7-18-13/h4,6-7,9H,2-3,5H2,1H3,(H,14,19)(H,15,16,17,18). The maximum Gasteiger partial charge on any atom is 0.182 e. The maximum atomic E-state index is 5.82. The molecule has 2 N–H and O–H groups in total. The molecule has 1 aliphatic rings. The van der Waals surface area contributed by atoms with Crippen molar-refractivity contribution in [2.45, 2.75) is 13.0 Å². The largest absolute Gasteiger partial charge is 0.367 e. The number of aromatic amines is 2. The van der Waals surface area contributed by atoms with Crippen LogP contribution in [0.25, 0.3) is 11.2 Å². The van der Waals surface area contributed by atoms with E-state index in [0.29, 0.717) is 18.8 Å². The molecule has 0 aliphatic carbocycles. The summed E-state index contributed by atoms with van der Waals surface area (Å²) in [5, 5.41) is 0. The number of anilines is 1. The summed E-state index contributed by atoms with van der Waals surface area (Å²) >= 11 is 0. The molecule has 8 heteroatoms. The minimum atomic E-state index is -0.0830. The van der Waals surface area contributed by atoms with E-state index in [0.717, 1.165) is 29.4 Å². The molecule has 108 valence electrons. The van der Waals surface area contributed by atoms with Crippen LogP contribution in [-0.4, -0.2) is 49.6 Å². The Morgan fingerprint density at radius 1 is 1.29 bits per heavy atom. The number of hydrogen-bond donors (Lipinski definition) is 2. The number of ether oxygens (including phenoxy) is 1. The van der Waals surface area contributed by atoms with Crippen molar-refractivity contribution < 1.29 is 4.74 Å². The van der Waals surface area contributed by atoms with Gasteiger partial charge in [-0.1, -0.05) is 0 Å². The summed E-state index contributed by atoms with van der Waals surface area (Å²) < 4.78 is 5.82. The first kappa shape index (κ1) is 12.3. The average Bonchev–Trinajstić information content (AvgIpc) is 3.15. The van der Waals surface area contributed by atoms with E-state index in [1.807, 2.05) is 13.1 Å². The smallest absolute Gasteiger partial charge is 0.182 e. The summed E-state index contributed by atoms with van der Waals surface area (Å²) in [5.41, 5.74) is 2.56. The number of nitrogens with one attached hydrogen (secondary N) is 2. The fourth-order valence-corrected chi connectivity index (χ4v) is 2.60. The lowest BCUT2D eigenvalue weighted by atomic mass is 10.2. The molecule has 1 saturated heterocycles. The molecular formula is C13H15N7O. The third-order valence-corrected chi connectivity index (χ3v) is 3.60. The number of fused-ring (bicyclic) bond motifs is 1. The fraction of sp³-hybridized carbons (Fsp3) is 0.385. The normalized spacial score (nSPS) is 19.3. The van der Waals surface area contributed by atoms with Crippen LogP contribution in [0.1, 0.15) is 17.6 Å². The first-order chi connectivity index (χ1) is 10.3. The molecule has 8 nitrogen and oxygen atoms in total. The Morgan fingerprint density at radius 3 is 3.10 bits per heavy atom. The van der Waals surface area contributed by atoms with Gasteiger partial charge in [-0.05, 0) is 6.92 Å². The van der Waals surface area contributed by atoms with Crippen molar-refractivity contribution >= 4 is 17.0 Å². The Morgan fingerprint density at radius 2 is 2.24 bits per heavy atom. The van der Waals surface area contributed by atoms with E-state index in [4.69, 9.17) is 4.74 Å². The minimum Gasteiger partial charge on any atom is -0.367 e. The monoisotopic (exact) mass is 285 g/mol. The molecule has 1 fully saturated rings. The van der Waals surface area contributed by atoms with Crippen LogP contribution < -0.4 is 4.90 Å². The topological polar surface area (TPSA) is 95.6 Å². The summed E-state index contributed by atoms with van der Waals surface area (Å²) in [6.07, 6.45) is 4.91. The number of morpholine rings is 1. The number of aryl methyl sites for hydroxylation is 1. The van der Waals surface area contributed by atoms with Crippen LogP contribution in [0.3, 0.4) is 0 Å². The highest BCUT2D eigenvalue weighted by Crippen LogP contribution is 2.26. The van der Waals surface area contributed by atoms with Gasteiger partial charge in [-0.15, -0.1) is 0 Å². The molecule has 1 aliphatic heterocycles. The van der Waals surface area contributed by atoms with Crippen molar-refractivity contribution in [1.82, 2.24) is 29.9 Å². The number of nitrogens with zero attached hydrogens (tertiary/aromatic N) is 5. The zero-order valence-corrected chi connectivity index (χ0v) is 11.6. The highest BCUT2D eigenvalue weighted by atomic mass is 16.5. The molecule has 3 aromatic rings. The molecule has 0 spiro atoms. The van der Waals surface area contributed by atoms with Gasteiger partial charge in [-0.2, -0.15) is 0 Å². The van der Waals surface area contributed by atoms with Crippen molar-refractivity contribution in [2.24, 2.45) is 0 Å². The fourth-order valence-electron chi connectivity index (χ4n) is 2.60. The van der Waals surface area contributed by atoms with E-state index in [-0.39, 0.29) is 6.10 Å². The van der Waals surface area contributed by atoms with Crippen LogP contribution in [-0.2, 0) is 4.74 Å². The average molecular weight is 285 g/mol. The van der Waals surface area contributed by atoms with Gasteiger partial charge >= 0.3 is 0 Å². The Bertz CT molecular complexity index is 765. The number of imidazole rings is 2. The second kappa shape index (κ2) is 4.81. The Labute approximate surface area is 120 Å². The van der Waals surface area contributed by atoms with Crippen LogP contribution in [0.15, 0.2) is 18.9 Å². The van der Waals surface area contributed by atoms with Gasteiger partial charge < -0.3 is 19.6 Å². The lowest BCUT2D eigenvalue weighted by molar-refractivity contribution is 0.0343. The van der Waals surface area contributed by atoms with Gasteiger partial charge in [0, 0.05) is 18.4 Å². The van der Waals surface area contributed by atoms with Crippen molar-refractivity contribution in [2.75, 3.05) is 24.6 Å². The van der Waals surface area contributed by atoms with E-state index in [9.17, 15) is 0 Å². The molecule has 0 saturated carbocycles. The first-order valence-electron chi connectivity index (χ1n) is 6.83.